The minimum absolute atomic E-state index is 0.0271. The quantitative estimate of drug-likeness (QED) is 0.811. The lowest BCUT2D eigenvalue weighted by molar-refractivity contribution is 0.144. The largest absolute Gasteiger partial charge is 0.394 e. The molecule has 1 fully saturated rings. The molecule has 2 aliphatic rings. The molecule has 2 heterocycles. The maximum Gasteiger partial charge on any atom is 0.317 e. The number of carbonyl (C=O) groups excluding carboxylic acids is 1. The molecule has 23 heavy (non-hydrogen) atoms. The van der Waals surface area contributed by atoms with Gasteiger partial charge in [-0.25, -0.2) is 9.78 Å². The van der Waals surface area contributed by atoms with Gasteiger partial charge in [-0.1, -0.05) is 6.92 Å². The Bertz CT molecular complexity index is 522. The van der Waals surface area contributed by atoms with Crippen molar-refractivity contribution in [1.29, 1.82) is 0 Å². The summed E-state index contributed by atoms with van der Waals surface area (Å²) in [5.41, 5.74) is 1.32. The number of nitrogens with zero attached hydrogens (tertiary/aromatic N) is 2. The molecule has 1 saturated heterocycles. The lowest BCUT2D eigenvalue weighted by Gasteiger charge is -2.25. The van der Waals surface area contributed by atoms with Crippen LogP contribution in [-0.2, 0) is 19.3 Å². The van der Waals surface area contributed by atoms with Gasteiger partial charge in [0.15, 0.2) is 0 Å². The second-order valence-electron chi connectivity index (χ2n) is 6.73. The van der Waals surface area contributed by atoms with E-state index in [0.29, 0.717) is 12.5 Å². The molecule has 0 spiro atoms. The van der Waals surface area contributed by atoms with Crippen LogP contribution in [0.3, 0.4) is 0 Å². The first-order valence-corrected chi connectivity index (χ1v) is 9.63. The van der Waals surface area contributed by atoms with Gasteiger partial charge in [0, 0.05) is 24.4 Å². The number of carbonyl (C=O) groups is 1. The smallest absolute Gasteiger partial charge is 0.317 e. The number of nitrogens with one attached hydrogen (secondary N) is 1. The summed E-state index contributed by atoms with van der Waals surface area (Å²) in [6, 6.07) is -0.0625. The second kappa shape index (κ2) is 7.62. The molecule has 1 aliphatic heterocycles. The summed E-state index contributed by atoms with van der Waals surface area (Å²) in [5.74, 6) is 0.382. The lowest BCUT2D eigenvalue weighted by Crippen LogP contribution is -2.45. The molecule has 128 valence electrons. The molecule has 1 aliphatic carbocycles. The van der Waals surface area contributed by atoms with Gasteiger partial charge in [-0.2, -0.15) is 0 Å². The minimum Gasteiger partial charge on any atom is -0.394 e. The SMILES string of the molecule is C[C@@H]1CCN(C(=O)NCCCc2nc3c(s2)CCCC3)[C@H]1CO. The van der Waals surface area contributed by atoms with Crippen molar-refractivity contribution < 1.29 is 9.90 Å². The van der Waals surface area contributed by atoms with Crippen molar-refractivity contribution in [2.45, 2.75) is 57.9 Å². The standard InChI is InChI=1S/C17H27N3O2S/c1-12-8-10-20(14(12)11-21)17(22)18-9-4-7-16-19-13-5-2-3-6-15(13)23-16/h12,14,21H,2-11H2,1H3,(H,18,22)/t12-,14+/m1/s1. The molecule has 2 N–H and O–H groups in total. The Balaban J connectivity index is 1.41. The third-order valence-corrected chi connectivity index (χ3v) is 6.28. The Morgan fingerprint density at radius 3 is 3.04 bits per heavy atom. The number of aliphatic hydroxyl groups excluding tert-OH is 1. The fraction of sp³-hybridized carbons (Fsp3) is 0.765. The number of thiazole rings is 1. The lowest BCUT2D eigenvalue weighted by atomic mass is 10.0. The number of fused-ring (bicyclic) bond motifs is 1. The van der Waals surface area contributed by atoms with E-state index in [-0.39, 0.29) is 18.7 Å². The normalized spacial score (nSPS) is 23.8. The zero-order valence-corrected chi connectivity index (χ0v) is 14.7. The van der Waals surface area contributed by atoms with Crippen molar-refractivity contribution in [3.8, 4) is 0 Å². The molecule has 0 bridgehead atoms. The predicted octanol–water partition coefficient (Wildman–Crippen LogP) is 2.37. The summed E-state index contributed by atoms with van der Waals surface area (Å²) in [7, 11) is 0. The number of hydrogen-bond acceptors (Lipinski definition) is 4. The van der Waals surface area contributed by atoms with E-state index in [1.807, 2.05) is 11.3 Å². The van der Waals surface area contributed by atoms with Crippen LogP contribution < -0.4 is 5.32 Å². The van der Waals surface area contributed by atoms with E-state index in [1.165, 1.54) is 34.8 Å². The Hall–Kier alpha value is -1.14. The monoisotopic (exact) mass is 337 g/mol. The van der Waals surface area contributed by atoms with Gasteiger partial charge in [0.25, 0.3) is 0 Å². The van der Waals surface area contributed by atoms with E-state index in [4.69, 9.17) is 4.98 Å². The number of urea groups is 1. The summed E-state index contributed by atoms with van der Waals surface area (Å²) >= 11 is 1.86. The van der Waals surface area contributed by atoms with Crippen LogP contribution in [0.5, 0.6) is 0 Å². The fourth-order valence-electron chi connectivity index (χ4n) is 3.59. The molecular formula is C17H27N3O2S. The van der Waals surface area contributed by atoms with E-state index in [1.54, 1.807) is 4.90 Å². The van der Waals surface area contributed by atoms with Gasteiger partial charge < -0.3 is 15.3 Å². The maximum atomic E-state index is 12.2. The van der Waals surface area contributed by atoms with Crippen LogP contribution in [0, 0.1) is 5.92 Å². The number of likely N-dealkylation sites (tertiary alicyclic amines) is 1. The first-order valence-electron chi connectivity index (χ1n) is 8.82. The van der Waals surface area contributed by atoms with Gasteiger partial charge in [-0.05, 0) is 44.4 Å². The predicted molar refractivity (Wildman–Crippen MR) is 91.8 cm³/mol. The van der Waals surface area contributed by atoms with Crippen molar-refractivity contribution in [2.75, 3.05) is 19.7 Å². The molecule has 0 aromatic carbocycles. The molecule has 6 heteroatoms. The van der Waals surface area contributed by atoms with Crippen LogP contribution in [0.2, 0.25) is 0 Å². The molecular weight excluding hydrogens is 310 g/mol. The number of aliphatic hydroxyl groups is 1. The molecule has 0 unspecified atom stereocenters. The van der Waals surface area contributed by atoms with Gasteiger partial charge in [0.1, 0.15) is 0 Å². The number of hydrogen-bond donors (Lipinski definition) is 2. The van der Waals surface area contributed by atoms with Crippen molar-refractivity contribution in [1.82, 2.24) is 15.2 Å². The minimum atomic E-state index is -0.0353. The number of amides is 2. The average molecular weight is 337 g/mol. The van der Waals surface area contributed by atoms with E-state index >= 15 is 0 Å². The Morgan fingerprint density at radius 2 is 2.26 bits per heavy atom. The Labute approximate surface area is 142 Å². The summed E-state index contributed by atoms with van der Waals surface area (Å²) < 4.78 is 0. The first-order chi connectivity index (χ1) is 11.2. The number of aryl methyl sites for hydroxylation is 3. The zero-order chi connectivity index (χ0) is 16.2. The highest BCUT2D eigenvalue weighted by Gasteiger charge is 2.33. The van der Waals surface area contributed by atoms with Crippen LogP contribution in [0.1, 0.15) is 48.2 Å². The van der Waals surface area contributed by atoms with E-state index in [2.05, 4.69) is 12.2 Å². The van der Waals surface area contributed by atoms with Crippen molar-refractivity contribution in [3.05, 3.63) is 15.6 Å². The van der Waals surface area contributed by atoms with Gasteiger partial charge in [0.2, 0.25) is 0 Å². The van der Waals surface area contributed by atoms with Crippen molar-refractivity contribution in [2.24, 2.45) is 5.92 Å². The molecule has 1 aromatic rings. The molecule has 0 saturated carbocycles. The number of rotatable bonds is 5. The van der Waals surface area contributed by atoms with Crippen molar-refractivity contribution in [3.63, 3.8) is 0 Å². The number of aromatic nitrogens is 1. The third-order valence-electron chi connectivity index (χ3n) is 5.06. The summed E-state index contributed by atoms with van der Waals surface area (Å²) in [6.45, 7) is 3.57. The maximum absolute atomic E-state index is 12.2. The second-order valence-corrected chi connectivity index (χ2v) is 7.90. The molecule has 5 nitrogen and oxygen atoms in total. The highest BCUT2D eigenvalue weighted by atomic mass is 32.1. The molecule has 2 amide bonds. The van der Waals surface area contributed by atoms with Crippen molar-refractivity contribution >= 4 is 17.4 Å². The topological polar surface area (TPSA) is 65.5 Å². The molecule has 1 aromatic heterocycles. The summed E-state index contributed by atoms with van der Waals surface area (Å²) in [4.78, 5) is 20.2. The third kappa shape index (κ3) is 3.86. The van der Waals surface area contributed by atoms with E-state index in [0.717, 1.165) is 32.2 Å². The van der Waals surface area contributed by atoms with Gasteiger partial charge in [0.05, 0.1) is 23.4 Å². The van der Waals surface area contributed by atoms with Crippen LogP contribution >= 0.6 is 11.3 Å². The van der Waals surface area contributed by atoms with Crippen LogP contribution in [0.15, 0.2) is 0 Å². The van der Waals surface area contributed by atoms with E-state index < -0.39 is 0 Å². The zero-order valence-electron chi connectivity index (χ0n) is 13.9. The van der Waals surface area contributed by atoms with E-state index in [9.17, 15) is 9.90 Å². The van der Waals surface area contributed by atoms with Gasteiger partial charge in [-0.3, -0.25) is 0 Å². The molecule has 3 rings (SSSR count). The highest BCUT2D eigenvalue weighted by molar-refractivity contribution is 7.11. The fourth-order valence-corrected chi connectivity index (χ4v) is 4.79. The summed E-state index contributed by atoms with van der Waals surface area (Å²) in [6.07, 6.45) is 7.74. The van der Waals surface area contributed by atoms with Crippen LogP contribution in [0.4, 0.5) is 4.79 Å². The van der Waals surface area contributed by atoms with Crippen LogP contribution in [0.25, 0.3) is 0 Å². The Morgan fingerprint density at radius 1 is 1.43 bits per heavy atom. The molecule has 2 atom stereocenters. The summed E-state index contributed by atoms with van der Waals surface area (Å²) in [5, 5.41) is 13.6. The van der Waals surface area contributed by atoms with Gasteiger partial charge >= 0.3 is 6.03 Å². The van der Waals surface area contributed by atoms with Gasteiger partial charge in [-0.15, -0.1) is 11.3 Å². The van der Waals surface area contributed by atoms with Crippen LogP contribution in [-0.4, -0.2) is 46.8 Å². The first kappa shape index (κ1) is 16.7. The molecule has 0 radical (unpaired) electrons. The Kier molecular flexibility index (Phi) is 5.54. The average Bonchev–Trinajstić information content (AvgIpc) is 3.13. The highest BCUT2D eigenvalue weighted by Crippen LogP contribution is 2.27.